The van der Waals surface area contributed by atoms with Crippen LogP contribution in [0.1, 0.15) is 11.4 Å². The zero-order valence-electron chi connectivity index (χ0n) is 11.9. The van der Waals surface area contributed by atoms with Crippen LogP contribution in [0.25, 0.3) is 11.1 Å². The summed E-state index contributed by atoms with van der Waals surface area (Å²) in [7, 11) is 1.93. The van der Waals surface area contributed by atoms with Crippen molar-refractivity contribution in [3.63, 3.8) is 0 Å². The maximum Gasteiger partial charge on any atom is 0.417 e. The molecular formula is C15H16N4O2. The average Bonchev–Trinajstić information content (AvgIpc) is 2.76. The number of pyridine rings is 1. The second-order valence-electron chi connectivity index (χ2n) is 5.05. The molecule has 6 heteroatoms. The molecule has 3 rings (SSSR count). The minimum atomic E-state index is -0.482. The lowest BCUT2D eigenvalue weighted by Gasteiger charge is -2.20. The lowest BCUT2D eigenvalue weighted by Crippen LogP contribution is -2.18. The van der Waals surface area contributed by atoms with Gasteiger partial charge in [0.1, 0.15) is 0 Å². The smallest absolute Gasteiger partial charge is 0.408 e. The van der Waals surface area contributed by atoms with Crippen LogP contribution in [0.2, 0.25) is 0 Å². The van der Waals surface area contributed by atoms with Gasteiger partial charge in [-0.25, -0.2) is 4.79 Å². The third-order valence-corrected chi connectivity index (χ3v) is 3.32. The van der Waals surface area contributed by atoms with Gasteiger partial charge in [-0.05, 0) is 25.1 Å². The van der Waals surface area contributed by atoms with E-state index in [0.717, 1.165) is 17.1 Å². The fourth-order valence-electron chi connectivity index (χ4n) is 2.35. The van der Waals surface area contributed by atoms with Crippen LogP contribution in [0.3, 0.4) is 0 Å². The van der Waals surface area contributed by atoms with Gasteiger partial charge in [-0.1, -0.05) is 6.07 Å². The van der Waals surface area contributed by atoms with Gasteiger partial charge in [0.25, 0.3) is 0 Å². The highest BCUT2D eigenvalue weighted by Gasteiger charge is 2.11. The number of nitrogen functional groups attached to an aromatic ring is 1. The quantitative estimate of drug-likeness (QED) is 0.719. The molecule has 0 fully saturated rings. The largest absolute Gasteiger partial charge is 0.417 e. The highest BCUT2D eigenvalue weighted by Crippen LogP contribution is 2.28. The fraction of sp³-hybridized carbons (Fsp3) is 0.200. The maximum absolute atomic E-state index is 11.2. The Morgan fingerprint density at radius 3 is 2.95 bits per heavy atom. The summed E-state index contributed by atoms with van der Waals surface area (Å²) < 4.78 is 5.00. The number of rotatable bonds is 3. The molecule has 0 bridgehead atoms. The molecule has 0 amide bonds. The van der Waals surface area contributed by atoms with Crippen molar-refractivity contribution >= 4 is 22.5 Å². The SMILES string of the molecule is Cc1cccc(CN(C)c2cc3[nH]c(=O)oc3cc2N)n1. The van der Waals surface area contributed by atoms with E-state index in [9.17, 15) is 4.79 Å². The maximum atomic E-state index is 11.2. The topological polar surface area (TPSA) is 88.2 Å². The fourth-order valence-corrected chi connectivity index (χ4v) is 2.35. The second-order valence-corrected chi connectivity index (χ2v) is 5.05. The average molecular weight is 284 g/mol. The molecule has 0 spiro atoms. The summed E-state index contributed by atoms with van der Waals surface area (Å²) in [5.74, 6) is -0.482. The first-order valence-electron chi connectivity index (χ1n) is 6.59. The minimum Gasteiger partial charge on any atom is -0.408 e. The Balaban J connectivity index is 1.95. The summed E-state index contributed by atoms with van der Waals surface area (Å²) in [5, 5.41) is 0. The van der Waals surface area contributed by atoms with Gasteiger partial charge in [0.15, 0.2) is 5.58 Å². The molecule has 0 aliphatic rings. The van der Waals surface area contributed by atoms with Crippen molar-refractivity contribution in [3.8, 4) is 0 Å². The summed E-state index contributed by atoms with van der Waals surface area (Å²) in [6.45, 7) is 2.58. The monoisotopic (exact) mass is 284 g/mol. The Hall–Kier alpha value is -2.76. The highest BCUT2D eigenvalue weighted by atomic mass is 16.4. The normalized spacial score (nSPS) is 11.0. The standard InChI is InChI=1S/C15H16N4O2/c1-9-4-3-5-10(17-9)8-19(2)13-7-12-14(6-11(13)16)21-15(20)18-12/h3-7H,8,16H2,1-2H3,(H,18,20). The van der Waals surface area contributed by atoms with E-state index in [0.29, 0.717) is 23.3 Å². The molecule has 2 heterocycles. The van der Waals surface area contributed by atoms with E-state index in [-0.39, 0.29) is 0 Å². The Morgan fingerprint density at radius 2 is 2.19 bits per heavy atom. The van der Waals surface area contributed by atoms with E-state index in [1.165, 1.54) is 0 Å². The van der Waals surface area contributed by atoms with Gasteiger partial charge in [-0.15, -0.1) is 0 Å². The van der Waals surface area contributed by atoms with Gasteiger partial charge in [0.2, 0.25) is 0 Å². The van der Waals surface area contributed by atoms with Crippen LogP contribution in [0, 0.1) is 6.92 Å². The van der Waals surface area contributed by atoms with E-state index in [1.54, 1.807) is 6.07 Å². The Bertz CT molecular complexity index is 850. The number of nitrogens with two attached hydrogens (primary N) is 1. The van der Waals surface area contributed by atoms with Crippen LogP contribution in [0.15, 0.2) is 39.5 Å². The third-order valence-electron chi connectivity index (χ3n) is 3.32. The number of fused-ring (bicyclic) bond motifs is 1. The van der Waals surface area contributed by atoms with Crippen molar-refractivity contribution in [2.24, 2.45) is 0 Å². The van der Waals surface area contributed by atoms with Gasteiger partial charge < -0.3 is 15.1 Å². The second kappa shape index (κ2) is 4.97. The summed E-state index contributed by atoms with van der Waals surface area (Å²) in [6, 6.07) is 9.37. The number of aromatic nitrogens is 2. The van der Waals surface area contributed by atoms with E-state index >= 15 is 0 Å². The summed E-state index contributed by atoms with van der Waals surface area (Å²) >= 11 is 0. The predicted octanol–water partition coefficient (Wildman–Crippen LogP) is 2.04. The van der Waals surface area contributed by atoms with Crippen molar-refractivity contribution in [2.45, 2.75) is 13.5 Å². The van der Waals surface area contributed by atoms with Crippen molar-refractivity contribution in [1.82, 2.24) is 9.97 Å². The molecule has 21 heavy (non-hydrogen) atoms. The van der Waals surface area contributed by atoms with Crippen molar-refractivity contribution < 1.29 is 4.42 Å². The number of aromatic amines is 1. The number of nitrogens with one attached hydrogen (secondary N) is 1. The van der Waals surface area contributed by atoms with Gasteiger partial charge in [0, 0.05) is 18.8 Å². The van der Waals surface area contributed by atoms with Crippen molar-refractivity contribution in [1.29, 1.82) is 0 Å². The van der Waals surface area contributed by atoms with E-state index in [1.807, 2.05) is 43.1 Å². The molecule has 3 aromatic rings. The number of aryl methyl sites for hydroxylation is 1. The van der Waals surface area contributed by atoms with Crippen LogP contribution in [0.5, 0.6) is 0 Å². The number of benzene rings is 1. The molecule has 6 nitrogen and oxygen atoms in total. The first-order valence-corrected chi connectivity index (χ1v) is 6.59. The van der Waals surface area contributed by atoms with E-state index in [2.05, 4.69) is 9.97 Å². The molecule has 0 saturated heterocycles. The molecule has 1 aromatic carbocycles. The molecular weight excluding hydrogens is 268 g/mol. The molecule has 0 unspecified atom stereocenters. The van der Waals surface area contributed by atoms with Crippen LogP contribution in [-0.4, -0.2) is 17.0 Å². The van der Waals surface area contributed by atoms with Crippen LogP contribution in [-0.2, 0) is 6.54 Å². The molecule has 108 valence electrons. The Labute approximate surface area is 121 Å². The minimum absolute atomic E-state index is 0.461. The van der Waals surface area contributed by atoms with E-state index in [4.69, 9.17) is 10.2 Å². The number of H-pyrrole nitrogens is 1. The molecule has 0 aliphatic heterocycles. The van der Waals surface area contributed by atoms with Crippen molar-refractivity contribution in [2.75, 3.05) is 17.7 Å². The van der Waals surface area contributed by atoms with E-state index < -0.39 is 5.76 Å². The number of nitrogens with zero attached hydrogens (tertiary/aromatic N) is 2. The Kier molecular flexibility index (Phi) is 3.13. The van der Waals surface area contributed by atoms with Crippen LogP contribution in [0.4, 0.5) is 11.4 Å². The van der Waals surface area contributed by atoms with Crippen molar-refractivity contribution in [3.05, 3.63) is 52.3 Å². The first kappa shape index (κ1) is 13.2. The van der Waals surface area contributed by atoms with Crippen LogP contribution >= 0.6 is 0 Å². The Morgan fingerprint density at radius 1 is 1.38 bits per heavy atom. The molecule has 0 atom stereocenters. The molecule has 0 radical (unpaired) electrons. The third kappa shape index (κ3) is 2.60. The van der Waals surface area contributed by atoms with Gasteiger partial charge in [-0.2, -0.15) is 0 Å². The number of hydrogen-bond acceptors (Lipinski definition) is 5. The number of oxazole rings is 1. The van der Waals surface area contributed by atoms with Gasteiger partial charge in [-0.3, -0.25) is 9.97 Å². The molecule has 3 N–H and O–H groups in total. The lowest BCUT2D eigenvalue weighted by atomic mass is 10.2. The molecule has 0 saturated carbocycles. The summed E-state index contributed by atoms with van der Waals surface area (Å²) in [5.41, 5.74) is 10.4. The van der Waals surface area contributed by atoms with Crippen LogP contribution < -0.4 is 16.4 Å². The summed E-state index contributed by atoms with van der Waals surface area (Å²) in [6.07, 6.45) is 0. The summed E-state index contributed by atoms with van der Waals surface area (Å²) in [4.78, 5) is 20.3. The number of anilines is 2. The predicted molar refractivity (Wildman–Crippen MR) is 82.3 cm³/mol. The zero-order valence-corrected chi connectivity index (χ0v) is 11.9. The molecule has 2 aromatic heterocycles. The molecule has 0 aliphatic carbocycles. The highest BCUT2D eigenvalue weighted by molar-refractivity contribution is 5.85. The first-order chi connectivity index (χ1) is 10.0. The van der Waals surface area contributed by atoms with Gasteiger partial charge >= 0.3 is 5.76 Å². The zero-order chi connectivity index (χ0) is 15.0. The lowest BCUT2D eigenvalue weighted by molar-refractivity contribution is 0.555. The number of hydrogen-bond donors (Lipinski definition) is 2. The van der Waals surface area contributed by atoms with Gasteiger partial charge in [0.05, 0.1) is 29.1 Å².